The number of aromatic nitrogens is 4. The third kappa shape index (κ3) is 4.20. The van der Waals surface area contributed by atoms with Crippen LogP contribution in [0.5, 0.6) is 0 Å². The van der Waals surface area contributed by atoms with Crippen molar-refractivity contribution in [2.75, 3.05) is 0 Å². The van der Waals surface area contributed by atoms with E-state index in [0.29, 0.717) is 28.7 Å². The Morgan fingerprint density at radius 1 is 1.26 bits per heavy atom. The van der Waals surface area contributed by atoms with Crippen molar-refractivity contribution in [1.29, 1.82) is 0 Å². The highest BCUT2D eigenvalue weighted by Gasteiger charge is 2.27. The Bertz CT molecular complexity index is 928. The maximum atomic E-state index is 12.2. The largest absolute Gasteiger partial charge is 0.479 e. The summed E-state index contributed by atoms with van der Waals surface area (Å²) < 4.78 is 5.16. The number of hydrogen-bond donors (Lipinski definition) is 3. The Morgan fingerprint density at radius 2 is 2.00 bits per heavy atom. The molecule has 0 radical (unpaired) electrons. The summed E-state index contributed by atoms with van der Waals surface area (Å²) in [6, 6.07) is 8.16. The van der Waals surface area contributed by atoms with E-state index >= 15 is 0 Å². The summed E-state index contributed by atoms with van der Waals surface area (Å²) in [5, 5.41) is 22.6. The van der Waals surface area contributed by atoms with Crippen molar-refractivity contribution in [3.8, 4) is 11.4 Å². The first-order valence-electron chi connectivity index (χ1n) is 8.37. The number of carboxylic acids is 1. The van der Waals surface area contributed by atoms with E-state index in [4.69, 9.17) is 4.52 Å². The average molecular weight is 369 g/mol. The molecule has 0 spiro atoms. The minimum Gasteiger partial charge on any atom is -0.479 e. The highest BCUT2D eigenvalue weighted by atomic mass is 16.5. The van der Waals surface area contributed by atoms with Gasteiger partial charge in [-0.3, -0.25) is 9.89 Å². The summed E-state index contributed by atoms with van der Waals surface area (Å²) in [5.74, 6) is -0.826. The van der Waals surface area contributed by atoms with E-state index in [9.17, 15) is 14.7 Å². The quantitative estimate of drug-likeness (QED) is 0.579. The summed E-state index contributed by atoms with van der Waals surface area (Å²) in [4.78, 5) is 28.1. The number of H-pyrrole nitrogens is 1. The van der Waals surface area contributed by atoms with Crippen LogP contribution < -0.4 is 5.32 Å². The molecule has 3 rings (SSSR count). The molecule has 27 heavy (non-hydrogen) atoms. The normalized spacial score (nSPS) is 11.9. The zero-order chi connectivity index (χ0) is 19.4. The molecular weight excluding hydrogens is 350 g/mol. The first-order chi connectivity index (χ1) is 13.0. The fourth-order valence-electron chi connectivity index (χ4n) is 2.76. The molecule has 140 valence electrons. The molecule has 0 unspecified atom stereocenters. The predicted molar refractivity (Wildman–Crippen MR) is 94.6 cm³/mol. The zero-order valence-electron chi connectivity index (χ0n) is 14.9. The lowest BCUT2D eigenvalue weighted by Gasteiger charge is -2.14. The van der Waals surface area contributed by atoms with Crippen LogP contribution in [0.15, 0.2) is 34.9 Å². The zero-order valence-corrected chi connectivity index (χ0v) is 14.9. The summed E-state index contributed by atoms with van der Waals surface area (Å²) in [6.45, 7) is 3.39. The van der Waals surface area contributed by atoms with Crippen LogP contribution in [0.1, 0.15) is 35.3 Å². The number of carbonyl (C=O) groups excluding carboxylic acids is 1. The standard InChI is InChI=1S/C18H19N5O4/c1-10-15(11(2)22-21-10)16(18(25)26)19-13(24)8-9-14-20-17(23-27-14)12-6-4-3-5-7-12/h3-7,16H,8-9H2,1-2H3,(H,19,24)(H,21,22)(H,25,26)/t16-/m0/s1. The molecule has 0 saturated carbocycles. The van der Waals surface area contributed by atoms with E-state index in [0.717, 1.165) is 5.56 Å². The molecule has 1 aromatic carbocycles. The average Bonchev–Trinajstić information content (AvgIpc) is 3.26. The molecule has 0 saturated heterocycles. The van der Waals surface area contributed by atoms with E-state index in [-0.39, 0.29) is 12.8 Å². The van der Waals surface area contributed by atoms with Crippen molar-refractivity contribution in [2.45, 2.75) is 32.7 Å². The van der Waals surface area contributed by atoms with E-state index in [1.807, 2.05) is 30.3 Å². The van der Waals surface area contributed by atoms with Gasteiger partial charge >= 0.3 is 5.97 Å². The maximum absolute atomic E-state index is 12.2. The number of hydrogen-bond acceptors (Lipinski definition) is 6. The second-order valence-electron chi connectivity index (χ2n) is 6.06. The van der Waals surface area contributed by atoms with Crippen LogP contribution in [0, 0.1) is 13.8 Å². The molecule has 0 aliphatic carbocycles. The number of nitrogens with zero attached hydrogens (tertiary/aromatic N) is 3. The highest BCUT2D eigenvalue weighted by Crippen LogP contribution is 2.20. The van der Waals surface area contributed by atoms with Crippen molar-refractivity contribution >= 4 is 11.9 Å². The summed E-state index contributed by atoms with van der Waals surface area (Å²) in [6.07, 6.45) is 0.234. The second-order valence-corrected chi connectivity index (χ2v) is 6.06. The van der Waals surface area contributed by atoms with Crippen LogP contribution in [0.3, 0.4) is 0 Å². The van der Waals surface area contributed by atoms with Gasteiger partial charge in [-0.15, -0.1) is 0 Å². The Morgan fingerprint density at radius 3 is 2.63 bits per heavy atom. The first kappa shape index (κ1) is 18.3. The van der Waals surface area contributed by atoms with Crippen LogP contribution in [0.2, 0.25) is 0 Å². The molecule has 9 heteroatoms. The van der Waals surface area contributed by atoms with Crippen molar-refractivity contribution in [3.05, 3.63) is 53.2 Å². The molecule has 0 aliphatic rings. The molecule has 3 aromatic rings. The van der Waals surface area contributed by atoms with Gasteiger partial charge in [-0.25, -0.2) is 4.79 Å². The molecule has 9 nitrogen and oxygen atoms in total. The molecular formula is C18H19N5O4. The van der Waals surface area contributed by atoms with Gasteiger partial charge in [-0.05, 0) is 13.8 Å². The molecule has 2 heterocycles. The summed E-state index contributed by atoms with van der Waals surface area (Å²) in [7, 11) is 0. The van der Waals surface area contributed by atoms with Gasteiger partial charge in [0, 0.05) is 29.7 Å². The van der Waals surface area contributed by atoms with Crippen LogP contribution in [-0.2, 0) is 16.0 Å². The Kier molecular flexibility index (Phi) is 5.30. The smallest absolute Gasteiger partial charge is 0.331 e. The second kappa shape index (κ2) is 7.81. The van der Waals surface area contributed by atoms with Crippen molar-refractivity contribution in [1.82, 2.24) is 25.7 Å². The number of aliphatic carboxylic acids is 1. The van der Waals surface area contributed by atoms with Crippen LogP contribution in [-0.4, -0.2) is 37.3 Å². The van der Waals surface area contributed by atoms with Crippen molar-refractivity contribution < 1.29 is 19.2 Å². The molecule has 0 aliphatic heterocycles. The van der Waals surface area contributed by atoms with E-state index in [1.165, 1.54) is 0 Å². The lowest BCUT2D eigenvalue weighted by molar-refractivity contribution is -0.142. The lowest BCUT2D eigenvalue weighted by atomic mass is 10.0. The van der Waals surface area contributed by atoms with Gasteiger partial charge in [0.15, 0.2) is 6.04 Å². The summed E-state index contributed by atoms with van der Waals surface area (Å²) >= 11 is 0. The topological polar surface area (TPSA) is 134 Å². The van der Waals surface area contributed by atoms with Crippen molar-refractivity contribution in [2.24, 2.45) is 0 Å². The highest BCUT2D eigenvalue weighted by molar-refractivity contribution is 5.85. The number of nitrogens with one attached hydrogen (secondary N) is 2. The Balaban J connectivity index is 1.62. The van der Waals surface area contributed by atoms with Gasteiger partial charge in [0.05, 0.1) is 5.69 Å². The summed E-state index contributed by atoms with van der Waals surface area (Å²) in [5.41, 5.74) is 2.41. The Hall–Kier alpha value is -3.49. The minimum absolute atomic E-state index is 0.0240. The van der Waals surface area contributed by atoms with Gasteiger partial charge in [0.2, 0.25) is 17.6 Å². The third-order valence-electron chi connectivity index (χ3n) is 4.09. The van der Waals surface area contributed by atoms with E-state index in [1.54, 1.807) is 13.8 Å². The molecule has 0 fully saturated rings. The molecule has 1 atom stereocenters. The number of benzene rings is 1. The monoisotopic (exact) mass is 369 g/mol. The Labute approximate surface area is 154 Å². The number of aryl methyl sites for hydroxylation is 3. The van der Waals surface area contributed by atoms with E-state index in [2.05, 4.69) is 25.7 Å². The minimum atomic E-state index is -1.17. The first-order valence-corrected chi connectivity index (χ1v) is 8.37. The number of rotatable bonds is 7. The van der Waals surface area contributed by atoms with Crippen molar-refractivity contribution in [3.63, 3.8) is 0 Å². The third-order valence-corrected chi connectivity index (χ3v) is 4.09. The number of carboxylic acid groups (broad SMARTS) is 1. The van der Waals surface area contributed by atoms with Gasteiger partial charge in [-0.2, -0.15) is 10.1 Å². The van der Waals surface area contributed by atoms with Gasteiger partial charge in [0.25, 0.3) is 0 Å². The van der Waals surface area contributed by atoms with Gasteiger partial charge in [0.1, 0.15) is 0 Å². The fraction of sp³-hybridized carbons (Fsp3) is 0.278. The molecule has 3 N–H and O–H groups in total. The van der Waals surface area contributed by atoms with Crippen LogP contribution in [0.4, 0.5) is 0 Å². The number of amides is 1. The molecule has 2 aromatic heterocycles. The molecule has 0 bridgehead atoms. The number of carbonyl (C=O) groups is 2. The lowest BCUT2D eigenvalue weighted by Crippen LogP contribution is -2.34. The van der Waals surface area contributed by atoms with Gasteiger partial charge in [-0.1, -0.05) is 35.5 Å². The van der Waals surface area contributed by atoms with Crippen LogP contribution >= 0.6 is 0 Å². The predicted octanol–water partition coefficient (Wildman–Crippen LogP) is 1.95. The van der Waals surface area contributed by atoms with Gasteiger partial charge < -0.3 is 14.9 Å². The number of aromatic amines is 1. The fourth-order valence-corrected chi connectivity index (χ4v) is 2.76. The molecule has 1 amide bonds. The SMILES string of the molecule is Cc1n[nH]c(C)c1[C@H](NC(=O)CCc1nc(-c2ccccc2)no1)C(=O)O. The van der Waals surface area contributed by atoms with Crippen LogP contribution in [0.25, 0.3) is 11.4 Å². The maximum Gasteiger partial charge on any atom is 0.331 e. The van der Waals surface area contributed by atoms with E-state index < -0.39 is 17.9 Å².